The molecule has 1 aromatic carbocycles. The van der Waals surface area contributed by atoms with Gasteiger partial charge in [-0.25, -0.2) is 0 Å². The predicted octanol–water partition coefficient (Wildman–Crippen LogP) is 3.94. The summed E-state index contributed by atoms with van der Waals surface area (Å²) >= 11 is 3.75. The Bertz CT molecular complexity index is 639. The molecule has 4 rings (SSSR count). The van der Waals surface area contributed by atoms with E-state index in [0.29, 0.717) is 0 Å². The average molecular weight is 318 g/mol. The SMILES string of the molecule is OC(c1cc2c(s1)CCSC2)c1cccc2c1OCCC2. The summed E-state index contributed by atoms with van der Waals surface area (Å²) in [7, 11) is 0. The molecule has 1 atom stereocenters. The maximum absolute atomic E-state index is 10.8. The molecular weight excluding hydrogens is 300 g/mol. The van der Waals surface area contributed by atoms with Crippen LogP contribution in [0.4, 0.5) is 0 Å². The van der Waals surface area contributed by atoms with Crippen molar-refractivity contribution >= 4 is 23.1 Å². The van der Waals surface area contributed by atoms with Gasteiger partial charge in [0.05, 0.1) is 6.61 Å². The Balaban J connectivity index is 1.71. The summed E-state index contributed by atoms with van der Waals surface area (Å²) in [6, 6.07) is 8.34. The van der Waals surface area contributed by atoms with Gasteiger partial charge in [0.1, 0.15) is 11.9 Å². The first-order valence-corrected chi connectivity index (χ1v) is 9.42. The molecule has 1 N–H and O–H groups in total. The molecule has 110 valence electrons. The van der Waals surface area contributed by atoms with E-state index in [1.807, 2.05) is 23.9 Å². The molecule has 2 nitrogen and oxygen atoms in total. The fraction of sp³-hybridized carbons (Fsp3) is 0.412. The van der Waals surface area contributed by atoms with E-state index in [1.54, 1.807) is 11.3 Å². The number of aliphatic hydroxyl groups excluding tert-OH is 1. The Labute approximate surface area is 133 Å². The van der Waals surface area contributed by atoms with Crippen LogP contribution in [-0.2, 0) is 18.6 Å². The van der Waals surface area contributed by atoms with Crippen molar-refractivity contribution in [2.45, 2.75) is 31.1 Å². The third-order valence-electron chi connectivity index (χ3n) is 4.17. The highest BCUT2D eigenvalue weighted by atomic mass is 32.2. The monoisotopic (exact) mass is 318 g/mol. The third kappa shape index (κ3) is 2.50. The molecule has 2 aromatic rings. The van der Waals surface area contributed by atoms with Gasteiger partial charge in [-0.2, -0.15) is 11.8 Å². The van der Waals surface area contributed by atoms with Crippen LogP contribution in [0.25, 0.3) is 0 Å². The summed E-state index contributed by atoms with van der Waals surface area (Å²) in [6.45, 7) is 0.758. The third-order valence-corrected chi connectivity index (χ3v) is 6.47. The summed E-state index contributed by atoms with van der Waals surface area (Å²) in [4.78, 5) is 2.51. The Morgan fingerprint density at radius 3 is 3.05 bits per heavy atom. The molecular formula is C17H18O2S2. The number of ether oxygens (including phenoxy) is 1. The number of thioether (sulfide) groups is 1. The van der Waals surface area contributed by atoms with Crippen molar-refractivity contribution in [3.8, 4) is 5.75 Å². The second kappa shape index (κ2) is 5.67. The second-order valence-corrected chi connectivity index (χ2v) is 7.86. The summed E-state index contributed by atoms with van der Waals surface area (Å²) in [6.07, 6.45) is 2.70. The molecule has 0 bridgehead atoms. The molecule has 21 heavy (non-hydrogen) atoms. The quantitative estimate of drug-likeness (QED) is 0.909. The lowest BCUT2D eigenvalue weighted by Gasteiger charge is -2.22. The first-order chi connectivity index (χ1) is 10.3. The van der Waals surface area contributed by atoms with Crippen LogP contribution < -0.4 is 4.74 Å². The van der Waals surface area contributed by atoms with Crippen LogP contribution in [-0.4, -0.2) is 17.5 Å². The molecule has 1 aromatic heterocycles. The number of aryl methyl sites for hydroxylation is 2. The van der Waals surface area contributed by atoms with Gasteiger partial charge in [-0.15, -0.1) is 11.3 Å². The summed E-state index contributed by atoms with van der Waals surface area (Å²) in [5.74, 6) is 3.20. The van der Waals surface area contributed by atoms with Crippen LogP contribution in [0.1, 0.15) is 39.0 Å². The molecule has 0 aliphatic carbocycles. The number of rotatable bonds is 2. The smallest absolute Gasteiger partial charge is 0.128 e. The van der Waals surface area contributed by atoms with Crippen molar-refractivity contribution in [2.24, 2.45) is 0 Å². The largest absolute Gasteiger partial charge is 0.493 e. The highest BCUT2D eigenvalue weighted by Crippen LogP contribution is 2.40. The normalized spacial score (nSPS) is 18.5. The van der Waals surface area contributed by atoms with Crippen molar-refractivity contribution in [3.63, 3.8) is 0 Å². The number of thiophene rings is 1. The van der Waals surface area contributed by atoms with E-state index in [4.69, 9.17) is 4.74 Å². The molecule has 1 unspecified atom stereocenters. The van der Waals surface area contributed by atoms with E-state index in [0.717, 1.165) is 47.8 Å². The molecule has 0 saturated carbocycles. The molecule has 0 amide bonds. The Hall–Kier alpha value is -0.970. The molecule has 3 heterocycles. The Morgan fingerprint density at radius 1 is 1.19 bits per heavy atom. The van der Waals surface area contributed by atoms with Crippen LogP contribution in [0.15, 0.2) is 24.3 Å². The minimum Gasteiger partial charge on any atom is -0.493 e. The fourth-order valence-corrected chi connectivity index (χ4v) is 5.47. The van der Waals surface area contributed by atoms with Gasteiger partial charge in [-0.3, -0.25) is 0 Å². The number of hydrogen-bond acceptors (Lipinski definition) is 4. The van der Waals surface area contributed by atoms with E-state index in [1.165, 1.54) is 21.8 Å². The lowest BCUT2D eigenvalue weighted by atomic mass is 9.98. The van der Waals surface area contributed by atoms with Crippen molar-refractivity contribution < 1.29 is 9.84 Å². The number of hydrogen-bond donors (Lipinski definition) is 1. The minimum atomic E-state index is -0.557. The van der Waals surface area contributed by atoms with Gasteiger partial charge in [0, 0.05) is 21.1 Å². The summed E-state index contributed by atoms with van der Waals surface area (Å²) in [5, 5.41) is 10.8. The number of aliphatic hydroxyl groups is 1. The van der Waals surface area contributed by atoms with Gasteiger partial charge in [-0.05, 0) is 42.2 Å². The fourth-order valence-electron chi connectivity index (χ4n) is 3.09. The van der Waals surface area contributed by atoms with E-state index in [9.17, 15) is 5.11 Å². The topological polar surface area (TPSA) is 29.5 Å². The zero-order valence-electron chi connectivity index (χ0n) is 11.8. The van der Waals surface area contributed by atoms with Crippen LogP contribution in [0, 0.1) is 0 Å². The number of para-hydroxylation sites is 1. The maximum Gasteiger partial charge on any atom is 0.128 e. The van der Waals surface area contributed by atoms with E-state index in [2.05, 4.69) is 12.1 Å². The van der Waals surface area contributed by atoms with Gasteiger partial charge >= 0.3 is 0 Å². The van der Waals surface area contributed by atoms with Crippen molar-refractivity contribution in [3.05, 3.63) is 50.7 Å². The first-order valence-electron chi connectivity index (χ1n) is 7.45. The Morgan fingerprint density at radius 2 is 2.14 bits per heavy atom. The molecule has 0 saturated heterocycles. The zero-order valence-corrected chi connectivity index (χ0v) is 13.4. The van der Waals surface area contributed by atoms with E-state index in [-0.39, 0.29) is 0 Å². The summed E-state index contributed by atoms with van der Waals surface area (Å²) in [5.41, 5.74) is 3.57. The van der Waals surface area contributed by atoms with Crippen LogP contribution in [0.5, 0.6) is 5.75 Å². The molecule has 2 aliphatic rings. The van der Waals surface area contributed by atoms with E-state index >= 15 is 0 Å². The number of benzene rings is 1. The molecule has 2 aliphatic heterocycles. The highest BCUT2D eigenvalue weighted by Gasteiger charge is 2.24. The summed E-state index contributed by atoms with van der Waals surface area (Å²) < 4.78 is 5.84. The van der Waals surface area contributed by atoms with Crippen molar-refractivity contribution in [2.75, 3.05) is 12.4 Å². The average Bonchev–Trinajstić information content (AvgIpc) is 2.97. The van der Waals surface area contributed by atoms with Crippen LogP contribution in [0.3, 0.4) is 0 Å². The van der Waals surface area contributed by atoms with Gasteiger partial charge in [0.2, 0.25) is 0 Å². The minimum absolute atomic E-state index is 0.557. The van der Waals surface area contributed by atoms with Crippen molar-refractivity contribution in [1.29, 1.82) is 0 Å². The van der Waals surface area contributed by atoms with E-state index < -0.39 is 6.10 Å². The van der Waals surface area contributed by atoms with Gasteiger partial charge in [0.15, 0.2) is 0 Å². The molecule has 0 spiro atoms. The number of fused-ring (bicyclic) bond motifs is 2. The molecule has 4 heteroatoms. The molecule has 0 radical (unpaired) electrons. The molecule has 0 fully saturated rings. The highest BCUT2D eigenvalue weighted by molar-refractivity contribution is 7.98. The van der Waals surface area contributed by atoms with Gasteiger partial charge in [0.25, 0.3) is 0 Å². The van der Waals surface area contributed by atoms with Crippen LogP contribution >= 0.6 is 23.1 Å². The lowest BCUT2D eigenvalue weighted by Crippen LogP contribution is -2.12. The maximum atomic E-state index is 10.8. The predicted molar refractivity (Wildman–Crippen MR) is 88.5 cm³/mol. The lowest BCUT2D eigenvalue weighted by molar-refractivity contribution is 0.210. The first kappa shape index (κ1) is 13.7. The van der Waals surface area contributed by atoms with Crippen molar-refractivity contribution in [1.82, 2.24) is 0 Å². The van der Waals surface area contributed by atoms with Gasteiger partial charge < -0.3 is 9.84 Å². The zero-order chi connectivity index (χ0) is 14.2. The van der Waals surface area contributed by atoms with Gasteiger partial charge in [-0.1, -0.05) is 18.2 Å². The second-order valence-electron chi connectivity index (χ2n) is 5.59. The standard InChI is InChI=1S/C17H18O2S2/c18-16(15-9-12-10-20-8-6-14(12)21-15)13-5-1-3-11-4-2-7-19-17(11)13/h1,3,5,9,16,18H,2,4,6-8,10H2. The van der Waals surface area contributed by atoms with Crippen LogP contribution in [0.2, 0.25) is 0 Å². The Kier molecular flexibility index (Phi) is 3.69.